The highest BCUT2D eigenvalue weighted by Crippen LogP contribution is 2.18. The minimum absolute atomic E-state index is 0.0645. The van der Waals surface area contributed by atoms with Gasteiger partial charge < -0.3 is 14.2 Å². The lowest BCUT2D eigenvalue weighted by atomic mass is 10.00. The summed E-state index contributed by atoms with van der Waals surface area (Å²) < 4.78 is 16.8. The minimum Gasteiger partial charge on any atom is -0.462 e. The molecule has 0 aromatic carbocycles. The first-order chi connectivity index (χ1) is 28.3. The second-order valence-corrected chi connectivity index (χ2v) is 18.5. The van der Waals surface area contributed by atoms with E-state index in [-0.39, 0.29) is 31.1 Å². The van der Waals surface area contributed by atoms with E-state index in [1.54, 1.807) is 0 Å². The van der Waals surface area contributed by atoms with Gasteiger partial charge in [-0.3, -0.25) is 14.4 Å². The van der Waals surface area contributed by atoms with Crippen LogP contribution in [0.3, 0.4) is 0 Å². The van der Waals surface area contributed by atoms with Crippen molar-refractivity contribution in [2.24, 2.45) is 11.8 Å². The Balaban J connectivity index is 4.28. The second-order valence-electron chi connectivity index (χ2n) is 18.5. The van der Waals surface area contributed by atoms with Crippen molar-refractivity contribution >= 4 is 17.9 Å². The highest BCUT2D eigenvalue weighted by Gasteiger charge is 2.19. The molecular formula is C52H100O6. The van der Waals surface area contributed by atoms with E-state index in [4.69, 9.17) is 14.2 Å². The Bertz CT molecular complexity index is 887. The molecule has 6 nitrogen and oxygen atoms in total. The minimum atomic E-state index is -0.762. The lowest BCUT2D eigenvalue weighted by Gasteiger charge is -2.18. The van der Waals surface area contributed by atoms with Gasteiger partial charge in [0.25, 0.3) is 0 Å². The van der Waals surface area contributed by atoms with Crippen LogP contribution in [-0.4, -0.2) is 37.2 Å². The van der Waals surface area contributed by atoms with Crippen LogP contribution in [0, 0.1) is 11.8 Å². The third-order valence-corrected chi connectivity index (χ3v) is 12.1. The van der Waals surface area contributed by atoms with Gasteiger partial charge in [0.2, 0.25) is 0 Å². The van der Waals surface area contributed by atoms with Crippen molar-refractivity contribution < 1.29 is 28.6 Å². The molecule has 0 rings (SSSR count). The molecule has 0 heterocycles. The summed E-state index contributed by atoms with van der Waals surface area (Å²) in [5.74, 6) is 0.798. The van der Waals surface area contributed by atoms with Gasteiger partial charge in [-0.2, -0.15) is 0 Å². The molecule has 0 aromatic rings. The van der Waals surface area contributed by atoms with Crippen LogP contribution in [0.1, 0.15) is 285 Å². The Morgan fingerprint density at radius 3 is 0.983 bits per heavy atom. The SMILES string of the molecule is CCCCCCCCCCCCCCCCC(=O)OC[C@@H](COC(=O)CCCCCCCCCCCCCCCC(C)C)OC(=O)CCCCCCCCC(C)CC. The maximum Gasteiger partial charge on any atom is 0.306 e. The van der Waals surface area contributed by atoms with Crippen molar-refractivity contribution in [3.8, 4) is 0 Å². The predicted molar refractivity (Wildman–Crippen MR) is 247 cm³/mol. The molecule has 0 spiro atoms. The number of hydrogen-bond donors (Lipinski definition) is 0. The van der Waals surface area contributed by atoms with Crippen molar-refractivity contribution in [1.82, 2.24) is 0 Å². The van der Waals surface area contributed by atoms with E-state index in [1.165, 1.54) is 173 Å². The van der Waals surface area contributed by atoms with E-state index in [9.17, 15) is 14.4 Å². The van der Waals surface area contributed by atoms with E-state index in [0.717, 1.165) is 69.6 Å². The van der Waals surface area contributed by atoms with Crippen LogP contribution in [0.4, 0.5) is 0 Å². The van der Waals surface area contributed by atoms with Crippen LogP contribution < -0.4 is 0 Å². The molecule has 0 aliphatic rings. The van der Waals surface area contributed by atoms with E-state index >= 15 is 0 Å². The fourth-order valence-electron chi connectivity index (χ4n) is 7.78. The second kappa shape index (κ2) is 44.9. The van der Waals surface area contributed by atoms with Gasteiger partial charge in [0.05, 0.1) is 0 Å². The molecule has 6 heteroatoms. The monoisotopic (exact) mass is 821 g/mol. The van der Waals surface area contributed by atoms with Crippen molar-refractivity contribution in [2.75, 3.05) is 13.2 Å². The lowest BCUT2D eigenvalue weighted by Crippen LogP contribution is -2.30. The van der Waals surface area contributed by atoms with E-state index in [2.05, 4.69) is 34.6 Å². The molecular weight excluding hydrogens is 721 g/mol. The molecule has 0 aliphatic carbocycles. The molecule has 344 valence electrons. The number of unbranched alkanes of at least 4 members (excludes halogenated alkanes) is 30. The summed E-state index contributed by atoms with van der Waals surface area (Å²) in [6.07, 6.45) is 45.2. The van der Waals surface area contributed by atoms with Crippen LogP contribution in [0.2, 0.25) is 0 Å². The van der Waals surface area contributed by atoms with Crippen LogP contribution in [0.5, 0.6) is 0 Å². The molecule has 0 saturated heterocycles. The van der Waals surface area contributed by atoms with E-state index < -0.39 is 6.10 Å². The number of hydrogen-bond acceptors (Lipinski definition) is 6. The molecule has 0 fully saturated rings. The number of esters is 3. The van der Waals surface area contributed by atoms with Gasteiger partial charge in [-0.15, -0.1) is 0 Å². The lowest BCUT2D eigenvalue weighted by molar-refractivity contribution is -0.167. The highest BCUT2D eigenvalue weighted by molar-refractivity contribution is 5.71. The number of ether oxygens (including phenoxy) is 3. The third-order valence-electron chi connectivity index (χ3n) is 12.1. The van der Waals surface area contributed by atoms with Gasteiger partial charge in [0, 0.05) is 19.3 Å². The Hall–Kier alpha value is -1.59. The summed E-state index contributed by atoms with van der Waals surface area (Å²) in [5.41, 5.74) is 0. The van der Waals surface area contributed by atoms with Gasteiger partial charge in [0.1, 0.15) is 13.2 Å². The maximum atomic E-state index is 12.7. The molecule has 0 aliphatic heterocycles. The van der Waals surface area contributed by atoms with Crippen LogP contribution in [-0.2, 0) is 28.6 Å². The van der Waals surface area contributed by atoms with E-state index in [0.29, 0.717) is 19.3 Å². The zero-order chi connectivity index (χ0) is 42.6. The molecule has 58 heavy (non-hydrogen) atoms. The Labute approximate surface area is 361 Å². The first-order valence-corrected chi connectivity index (χ1v) is 25.8. The molecule has 0 aromatic heterocycles. The Morgan fingerprint density at radius 2 is 0.655 bits per heavy atom. The first-order valence-electron chi connectivity index (χ1n) is 25.8. The molecule has 0 radical (unpaired) electrons. The summed E-state index contributed by atoms with van der Waals surface area (Å²) in [6.45, 7) is 11.4. The molecule has 2 atom stereocenters. The number of carbonyl (C=O) groups excluding carboxylic acids is 3. The zero-order valence-electron chi connectivity index (χ0n) is 39.7. The summed E-state index contributed by atoms with van der Waals surface area (Å²) in [7, 11) is 0. The quantitative estimate of drug-likeness (QED) is 0.0346. The van der Waals surface area contributed by atoms with Crippen LogP contribution in [0.15, 0.2) is 0 Å². The maximum absolute atomic E-state index is 12.7. The molecule has 0 N–H and O–H groups in total. The van der Waals surface area contributed by atoms with Gasteiger partial charge >= 0.3 is 17.9 Å². The standard InChI is InChI=1S/C52H100O6/c1-6-8-9-10-11-12-13-14-17-20-23-26-32-37-42-50(53)56-45-49(58-52(55)44-39-34-29-28-31-36-41-48(5)7-2)46-57-51(54)43-38-33-27-24-21-18-15-16-19-22-25-30-35-40-47(3)4/h47-49H,6-46H2,1-5H3/t48?,49-/m0/s1. The predicted octanol–water partition coefficient (Wildman–Crippen LogP) is 16.5. The highest BCUT2D eigenvalue weighted by atomic mass is 16.6. The average molecular weight is 821 g/mol. The summed E-state index contributed by atoms with van der Waals surface area (Å²) in [4.78, 5) is 37.9. The van der Waals surface area contributed by atoms with Crippen molar-refractivity contribution in [3.63, 3.8) is 0 Å². The van der Waals surface area contributed by atoms with Gasteiger partial charge in [-0.1, -0.05) is 247 Å². The van der Waals surface area contributed by atoms with Crippen LogP contribution in [0.25, 0.3) is 0 Å². The van der Waals surface area contributed by atoms with Crippen molar-refractivity contribution in [1.29, 1.82) is 0 Å². The van der Waals surface area contributed by atoms with Crippen molar-refractivity contribution in [2.45, 2.75) is 291 Å². The van der Waals surface area contributed by atoms with Gasteiger partial charge in [0.15, 0.2) is 6.10 Å². The number of carbonyl (C=O) groups is 3. The topological polar surface area (TPSA) is 78.9 Å². The Morgan fingerprint density at radius 1 is 0.362 bits per heavy atom. The summed E-state index contributed by atoms with van der Waals surface area (Å²) >= 11 is 0. The molecule has 1 unspecified atom stereocenters. The first kappa shape index (κ1) is 56.4. The molecule has 0 bridgehead atoms. The van der Waals surface area contributed by atoms with Crippen molar-refractivity contribution in [3.05, 3.63) is 0 Å². The van der Waals surface area contributed by atoms with Crippen LogP contribution >= 0.6 is 0 Å². The van der Waals surface area contributed by atoms with Gasteiger partial charge in [-0.25, -0.2) is 0 Å². The molecule has 0 saturated carbocycles. The largest absolute Gasteiger partial charge is 0.462 e. The smallest absolute Gasteiger partial charge is 0.306 e. The average Bonchev–Trinajstić information content (AvgIpc) is 3.21. The summed E-state index contributed by atoms with van der Waals surface area (Å²) in [6, 6.07) is 0. The normalized spacial score (nSPS) is 12.5. The van der Waals surface area contributed by atoms with E-state index in [1.807, 2.05) is 0 Å². The zero-order valence-corrected chi connectivity index (χ0v) is 39.7. The number of rotatable bonds is 46. The fourth-order valence-corrected chi connectivity index (χ4v) is 7.78. The third kappa shape index (κ3) is 44.0. The summed E-state index contributed by atoms with van der Waals surface area (Å²) in [5, 5.41) is 0. The molecule has 0 amide bonds. The fraction of sp³-hybridized carbons (Fsp3) is 0.942. The van der Waals surface area contributed by atoms with Gasteiger partial charge in [-0.05, 0) is 31.1 Å². The Kier molecular flexibility index (Phi) is 43.7.